The normalized spacial score (nSPS) is 15.1. The molecule has 1 aliphatic heterocycles. The predicted molar refractivity (Wildman–Crippen MR) is 119 cm³/mol. The van der Waals surface area contributed by atoms with E-state index < -0.39 is 5.60 Å². The van der Waals surface area contributed by atoms with Crippen molar-refractivity contribution in [3.63, 3.8) is 0 Å². The third kappa shape index (κ3) is 3.69. The molecule has 0 N–H and O–H groups in total. The van der Waals surface area contributed by atoms with E-state index in [1.165, 1.54) is 12.7 Å². The Labute approximate surface area is 184 Å². The highest BCUT2D eigenvalue weighted by Crippen LogP contribution is 2.40. The van der Waals surface area contributed by atoms with E-state index in [0.717, 1.165) is 16.6 Å². The number of hydrogen-bond acceptors (Lipinski definition) is 7. The van der Waals surface area contributed by atoms with Crippen LogP contribution >= 0.6 is 0 Å². The summed E-state index contributed by atoms with van der Waals surface area (Å²) < 4.78 is 11.8. The Morgan fingerprint density at radius 2 is 1.69 bits per heavy atom. The summed E-state index contributed by atoms with van der Waals surface area (Å²) in [5.74, 6) is 1.24. The van der Waals surface area contributed by atoms with Gasteiger partial charge < -0.3 is 9.47 Å². The zero-order chi connectivity index (χ0) is 22.1. The molecule has 0 unspecified atom stereocenters. The van der Waals surface area contributed by atoms with E-state index in [2.05, 4.69) is 19.9 Å². The molecule has 5 rings (SSSR count). The fourth-order valence-corrected chi connectivity index (χ4v) is 3.60. The summed E-state index contributed by atoms with van der Waals surface area (Å²) in [4.78, 5) is 29.8. The lowest BCUT2D eigenvalue weighted by molar-refractivity contribution is -0.125. The van der Waals surface area contributed by atoms with Gasteiger partial charge >= 0.3 is 0 Å². The first-order valence-electron chi connectivity index (χ1n) is 10.2. The van der Waals surface area contributed by atoms with Crippen LogP contribution in [-0.4, -0.2) is 31.3 Å². The van der Waals surface area contributed by atoms with Crippen molar-refractivity contribution in [3.05, 3.63) is 90.4 Å². The van der Waals surface area contributed by atoms with E-state index in [4.69, 9.17) is 9.47 Å². The van der Waals surface area contributed by atoms with Crippen LogP contribution in [0.5, 0.6) is 5.75 Å². The third-order valence-electron chi connectivity index (χ3n) is 5.24. The summed E-state index contributed by atoms with van der Waals surface area (Å²) in [6.07, 6.45) is 2.76. The lowest BCUT2D eigenvalue weighted by Crippen LogP contribution is -2.29. The van der Waals surface area contributed by atoms with Crippen molar-refractivity contribution in [2.75, 3.05) is 0 Å². The molecule has 1 aliphatic rings. The van der Waals surface area contributed by atoms with Crippen LogP contribution in [0.2, 0.25) is 0 Å². The van der Waals surface area contributed by atoms with Crippen molar-refractivity contribution in [2.24, 2.45) is 0 Å². The zero-order valence-corrected chi connectivity index (χ0v) is 17.6. The molecule has 0 fully saturated rings. The largest absolute Gasteiger partial charge is 0.487 e. The smallest absolute Gasteiger partial charge is 0.210 e. The van der Waals surface area contributed by atoms with Gasteiger partial charge in [-0.25, -0.2) is 19.9 Å². The van der Waals surface area contributed by atoms with Crippen molar-refractivity contribution >= 4 is 28.0 Å². The van der Waals surface area contributed by atoms with Gasteiger partial charge in [-0.2, -0.15) is 0 Å². The molecule has 158 valence electrons. The van der Waals surface area contributed by atoms with Crippen molar-refractivity contribution in [3.8, 4) is 5.75 Å². The molecular weight excluding hydrogens is 404 g/mol. The number of para-hydroxylation sites is 1. The molecule has 0 spiro atoms. The monoisotopic (exact) mass is 424 g/mol. The number of fused-ring (bicyclic) bond motifs is 1. The number of carbonyl (C=O) groups excluding carboxylic acids is 1. The zero-order valence-electron chi connectivity index (χ0n) is 17.6. The minimum atomic E-state index is -0.992. The summed E-state index contributed by atoms with van der Waals surface area (Å²) in [5.41, 5.74) is 1.95. The second kappa shape index (κ2) is 7.85. The number of pyridine rings is 1. The van der Waals surface area contributed by atoms with Crippen LogP contribution in [-0.2, 0) is 16.1 Å². The molecule has 32 heavy (non-hydrogen) atoms. The number of Topliss-reactive ketones (excluding diaryl/α,β-unsaturated/α-hetero) is 1. The molecule has 0 atom stereocenters. The molecule has 0 saturated carbocycles. The maximum atomic E-state index is 13.0. The van der Waals surface area contributed by atoms with Crippen LogP contribution in [0, 0.1) is 0 Å². The van der Waals surface area contributed by atoms with Gasteiger partial charge in [0.25, 0.3) is 0 Å². The molecule has 3 heterocycles. The Bertz CT molecular complexity index is 1330. The molecule has 2 aromatic carbocycles. The van der Waals surface area contributed by atoms with Gasteiger partial charge in [0.15, 0.2) is 17.2 Å². The van der Waals surface area contributed by atoms with Gasteiger partial charge in [0.05, 0.1) is 16.8 Å². The van der Waals surface area contributed by atoms with E-state index in [-0.39, 0.29) is 5.78 Å². The number of rotatable bonds is 5. The average molecular weight is 424 g/mol. The van der Waals surface area contributed by atoms with Gasteiger partial charge in [-0.3, -0.25) is 4.79 Å². The Balaban J connectivity index is 1.38. The van der Waals surface area contributed by atoms with E-state index >= 15 is 0 Å². The Kier molecular flexibility index (Phi) is 4.86. The Morgan fingerprint density at radius 3 is 2.47 bits per heavy atom. The minimum Gasteiger partial charge on any atom is -0.487 e. The van der Waals surface area contributed by atoms with Crippen molar-refractivity contribution < 1.29 is 14.3 Å². The molecule has 7 heteroatoms. The fourth-order valence-electron chi connectivity index (χ4n) is 3.60. The summed E-state index contributed by atoms with van der Waals surface area (Å²) in [6, 6.07) is 19.3. The molecule has 0 radical (unpaired) electrons. The van der Waals surface area contributed by atoms with Crippen LogP contribution in [0.25, 0.3) is 22.2 Å². The Hall–Kier alpha value is -4.13. The average Bonchev–Trinajstić information content (AvgIpc) is 3.07. The van der Waals surface area contributed by atoms with Crippen LogP contribution in [0.1, 0.15) is 30.9 Å². The maximum Gasteiger partial charge on any atom is 0.210 e. The second-order valence-corrected chi connectivity index (χ2v) is 7.92. The molecule has 7 nitrogen and oxygen atoms in total. The van der Waals surface area contributed by atoms with E-state index in [1.807, 2.05) is 60.7 Å². The summed E-state index contributed by atoms with van der Waals surface area (Å²) >= 11 is 0. The van der Waals surface area contributed by atoms with Crippen molar-refractivity contribution in [2.45, 2.75) is 26.1 Å². The highest BCUT2D eigenvalue weighted by Gasteiger charge is 2.43. The number of hydrogen-bond donors (Lipinski definition) is 0. The standard InChI is InChI=1S/C25H20N4O3/c1-25(2)23(30)21(22(32-25)24-27-14-26-15-28-24)17-8-11-19(12-9-17)31-13-18-10-7-16-5-3-4-6-20(16)29-18/h3-12,14-15H,13H2,1-2H3. The summed E-state index contributed by atoms with van der Waals surface area (Å²) in [5, 5.41) is 1.09. The highest BCUT2D eigenvalue weighted by molar-refractivity contribution is 6.32. The number of aromatic nitrogens is 4. The molecular formula is C25H20N4O3. The molecule has 0 amide bonds. The van der Waals surface area contributed by atoms with Gasteiger partial charge in [-0.1, -0.05) is 36.4 Å². The molecule has 2 aromatic heterocycles. The molecule has 0 saturated heterocycles. The van der Waals surface area contributed by atoms with Gasteiger partial charge in [0.2, 0.25) is 5.78 Å². The first-order valence-corrected chi connectivity index (χ1v) is 10.2. The third-order valence-corrected chi connectivity index (χ3v) is 5.24. The van der Waals surface area contributed by atoms with Gasteiger partial charge in [0, 0.05) is 5.39 Å². The topological polar surface area (TPSA) is 87.1 Å². The van der Waals surface area contributed by atoms with E-state index in [1.54, 1.807) is 13.8 Å². The van der Waals surface area contributed by atoms with Gasteiger partial charge in [-0.15, -0.1) is 0 Å². The van der Waals surface area contributed by atoms with Crippen LogP contribution in [0.4, 0.5) is 0 Å². The van der Waals surface area contributed by atoms with Crippen LogP contribution in [0.15, 0.2) is 73.3 Å². The van der Waals surface area contributed by atoms with Crippen molar-refractivity contribution in [1.82, 2.24) is 19.9 Å². The van der Waals surface area contributed by atoms with E-state index in [9.17, 15) is 4.79 Å². The first kappa shape index (κ1) is 19.8. The van der Waals surface area contributed by atoms with E-state index in [0.29, 0.717) is 35.1 Å². The first-order chi connectivity index (χ1) is 15.5. The Morgan fingerprint density at radius 1 is 0.938 bits per heavy atom. The number of nitrogens with zero attached hydrogens (tertiary/aromatic N) is 4. The lowest BCUT2D eigenvalue weighted by atomic mass is 9.93. The van der Waals surface area contributed by atoms with Crippen LogP contribution in [0.3, 0.4) is 0 Å². The summed E-state index contributed by atoms with van der Waals surface area (Å²) in [6.45, 7) is 3.81. The minimum absolute atomic E-state index is 0.123. The fraction of sp³-hybridized carbons (Fsp3) is 0.160. The molecule has 0 bridgehead atoms. The highest BCUT2D eigenvalue weighted by atomic mass is 16.5. The molecule has 4 aromatic rings. The number of carbonyl (C=O) groups is 1. The SMILES string of the molecule is CC1(C)OC(c2ncncn2)=C(c2ccc(OCc3ccc4ccccc4n3)cc2)C1=O. The maximum absolute atomic E-state index is 13.0. The quantitative estimate of drug-likeness (QED) is 0.473. The lowest BCUT2D eigenvalue weighted by Gasteiger charge is -2.17. The number of ketones is 1. The predicted octanol–water partition coefficient (Wildman–Crippen LogP) is 4.25. The van der Waals surface area contributed by atoms with Gasteiger partial charge in [-0.05, 0) is 43.7 Å². The number of benzene rings is 2. The number of ether oxygens (including phenoxy) is 2. The summed E-state index contributed by atoms with van der Waals surface area (Å²) in [7, 11) is 0. The van der Waals surface area contributed by atoms with Crippen LogP contribution < -0.4 is 4.74 Å². The van der Waals surface area contributed by atoms with Gasteiger partial charge in [0.1, 0.15) is 25.0 Å². The van der Waals surface area contributed by atoms with Crippen molar-refractivity contribution in [1.29, 1.82) is 0 Å². The second-order valence-electron chi connectivity index (χ2n) is 7.92. The molecule has 0 aliphatic carbocycles.